The van der Waals surface area contributed by atoms with Crippen molar-refractivity contribution in [2.24, 2.45) is 5.92 Å². The largest absolute Gasteiger partial charge is 0.497 e. The molecule has 3 aromatic carbocycles. The van der Waals surface area contributed by atoms with Gasteiger partial charge in [0.2, 0.25) is 0 Å². The van der Waals surface area contributed by atoms with E-state index in [9.17, 15) is 14.7 Å². The molecule has 0 amide bonds. The van der Waals surface area contributed by atoms with Gasteiger partial charge >= 0.3 is 5.69 Å². The molecule has 42 heavy (non-hydrogen) atoms. The minimum absolute atomic E-state index is 0.0478. The van der Waals surface area contributed by atoms with E-state index >= 15 is 0 Å². The first-order valence-electron chi connectivity index (χ1n) is 14.1. The van der Waals surface area contributed by atoms with Crippen LogP contribution in [0.2, 0.25) is 0 Å². The number of hydrogen-bond acceptors (Lipinski definition) is 7. The van der Waals surface area contributed by atoms with E-state index in [1.807, 2.05) is 78.9 Å². The molecule has 2 bridgehead atoms. The lowest BCUT2D eigenvalue weighted by Gasteiger charge is -2.41. The first-order chi connectivity index (χ1) is 20.4. The Morgan fingerprint density at radius 1 is 0.905 bits per heavy atom. The lowest BCUT2D eigenvalue weighted by molar-refractivity contribution is -0.164. The normalized spacial score (nSPS) is 23.5. The summed E-state index contributed by atoms with van der Waals surface area (Å²) in [6, 6.07) is 26.7. The molecule has 0 unspecified atom stereocenters. The van der Waals surface area contributed by atoms with Crippen molar-refractivity contribution >= 4 is 0 Å². The second kappa shape index (κ2) is 11.2. The third kappa shape index (κ3) is 4.73. The molecule has 2 heterocycles. The predicted octanol–water partition coefficient (Wildman–Crippen LogP) is 3.99. The molecule has 6 rings (SSSR count). The van der Waals surface area contributed by atoms with Gasteiger partial charge in [0.25, 0.3) is 5.56 Å². The summed E-state index contributed by atoms with van der Waals surface area (Å²) in [5, 5.41) is 11.7. The molecule has 1 aliphatic carbocycles. The highest BCUT2D eigenvalue weighted by Gasteiger charge is 2.58. The molecule has 2 N–H and O–H groups in total. The van der Waals surface area contributed by atoms with Crippen LogP contribution >= 0.6 is 0 Å². The smallest absolute Gasteiger partial charge is 0.330 e. The fourth-order valence-corrected chi connectivity index (χ4v) is 6.47. The van der Waals surface area contributed by atoms with Crippen molar-refractivity contribution in [2.45, 2.75) is 42.8 Å². The molecule has 1 aromatic heterocycles. The molecule has 4 aromatic rings. The van der Waals surface area contributed by atoms with Gasteiger partial charge in [-0.2, -0.15) is 0 Å². The van der Waals surface area contributed by atoms with Gasteiger partial charge in [-0.3, -0.25) is 14.3 Å². The highest BCUT2D eigenvalue weighted by molar-refractivity contribution is 5.49. The number of methoxy groups -OCH3 is 2. The molecule has 4 atom stereocenters. The van der Waals surface area contributed by atoms with Crippen LogP contribution in [-0.4, -0.2) is 47.2 Å². The van der Waals surface area contributed by atoms with Crippen LogP contribution in [-0.2, 0) is 15.1 Å². The quantitative estimate of drug-likeness (QED) is 0.293. The van der Waals surface area contributed by atoms with E-state index in [0.29, 0.717) is 24.3 Å². The van der Waals surface area contributed by atoms with Crippen LogP contribution in [0.3, 0.4) is 0 Å². The Kier molecular flexibility index (Phi) is 7.49. The van der Waals surface area contributed by atoms with Gasteiger partial charge in [0, 0.05) is 18.2 Å². The Morgan fingerprint density at radius 3 is 2.07 bits per heavy atom. The van der Waals surface area contributed by atoms with Crippen LogP contribution < -0.4 is 20.7 Å². The van der Waals surface area contributed by atoms with E-state index in [1.165, 1.54) is 16.8 Å². The number of hydrogen-bond donors (Lipinski definition) is 2. The molecule has 0 radical (unpaired) electrons. The number of aromatic amines is 1. The Bertz CT molecular complexity index is 1580. The van der Waals surface area contributed by atoms with Gasteiger partial charge in [-0.15, -0.1) is 0 Å². The van der Waals surface area contributed by atoms with E-state index in [4.69, 9.17) is 18.9 Å². The van der Waals surface area contributed by atoms with Crippen molar-refractivity contribution in [1.29, 1.82) is 0 Å². The number of ether oxygens (including phenoxy) is 4. The Morgan fingerprint density at radius 2 is 1.50 bits per heavy atom. The first kappa shape index (κ1) is 28.0. The summed E-state index contributed by atoms with van der Waals surface area (Å²) in [7, 11) is 3.25. The number of nitrogens with zero attached hydrogens (tertiary/aromatic N) is 1. The number of aliphatic hydroxyl groups excluding tert-OH is 1. The summed E-state index contributed by atoms with van der Waals surface area (Å²) >= 11 is 0. The minimum Gasteiger partial charge on any atom is -0.497 e. The Hall–Kier alpha value is -4.18. The maximum Gasteiger partial charge on any atom is 0.330 e. The molecule has 9 heteroatoms. The van der Waals surface area contributed by atoms with Crippen LogP contribution in [0.1, 0.15) is 42.2 Å². The highest BCUT2D eigenvalue weighted by Crippen LogP contribution is 2.51. The van der Waals surface area contributed by atoms with Crippen molar-refractivity contribution in [3.05, 3.63) is 129 Å². The van der Waals surface area contributed by atoms with Crippen molar-refractivity contribution in [3.63, 3.8) is 0 Å². The van der Waals surface area contributed by atoms with Gasteiger partial charge in [-0.1, -0.05) is 54.6 Å². The maximum absolute atomic E-state index is 12.7. The number of benzene rings is 3. The zero-order valence-corrected chi connectivity index (χ0v) is 23.6. The van der Waals surface area contributed by atoms with Crippen LogP contribution in [0, 0.1) is 5.92 Å². The van der Waals surface area contributed by atoms with Gasteiger partial charge in [0.15, 0.2) is 0 Å². The number of fused-ring (bicyclic) bond motifs is 2. The zero-order valence-electron chi connectivity index (χ0n) is 23.6. The highest BCUT2D eigenvalue weighted by atomic mass is 16.6. The molecule has 2 fully saturated rings. The summed E-state index contributed by atoms with van der Waals surface area (Å²) < 4.78 is 25.9. The SMILES string of the molecule is COc1ccc(C(OC[C@@]23CCC[C@@H]([C@H](n4ccc(=O)[nH]c4=O)O2)[C@@H]3O)(c2ccccc2)c2ccc(OC)cc2)cc1. The van der Waals surface area contributed by atoms with Crippen molar-refractivity contribution < 1.29 is 24.1 Å². The average molecular weight is 571 g/mol. The van der Waals surface area contributed by atoms with Crippen molar-refractivity contribution in [2.75, 3.05) is 20.8 Å². The molecule has 9 nitrogen and oxygen atoms in total. The molecule has 0 spiro atoms. The van der Waals surface area contributed by atoms with Crippen LogP contribution in [0.4, 0.5) is 0 Å². The fraction of sp³-hybridized carbons (Fsp3) is 0.333. The van der Waals surface area contributed by atoms with E-state index in [2.05, 4.69) is 4.98 Å². The average Bonchev–Trinajstić information content (AvgIpc) is 3.16. The van der Waals surface area contributed by atoms with Gasteiger partial charge in [-0.25, -0.2) is 4.79 Å². The first-order valence-corrected chi connectivity index (χ1v) is 14.1. The number of nitrogens with one attached hydrogen (secondary N) is 1. The number of aromatic nitrogens is 2. The molecule has 2 aliphatic rings. The summed E-state index contributed by atoms with van der Waals surface area (Å²) in [5.41, 5.74) is -0.584. The molecule has 1 saturated heterocycles. The molecule has 218 valence electrons. The lowest BCUT2D eigenvalue weighted by Crippen LogP contribution is -2.50. The van der Waals surface area contributed by atoms with Gasteiger partial charge in [-0.05, 0) is 60.2 Å². The second-order valence-corrected chi connectivity index (χ2v) is 10.9. The van der Waals surface area contributed by atoms with Gasteiger partial charge in [0.1, 0.15) is 28.9 Å². The van der Waals surface area contributed by atoms with Crippen LogP contribution in [0.5, 0.6) is 11.5 Å². The predicted molar refractivity (Wildman–Crippen MR) is 156 cm³/mol. The molecule has 1 aliphatic heterocycles. The lowest BCUT2D eigenvalue weighted by atomic mass is 9.77. The van der Waals surface area contributed by atoms with E-state index < -0.39 is 34.8 Å². The van der Waals surface area contributed by atoms with E-state index in [-0.39, 0.29) is 12.5 Å². The zero-order chi connectivity index (χ0) is 29.3. The molecular weight excluding hydrogens is 536 g/mol. The number of H-pyrrole nitrogens is 1. The number of aliphatic hydroxyl groups is 1. The summed E-state index contributed by atoms with van der Waals surface area (Å²) in [4.78, 5) is 26.7. The standard InChI is InChI=1S/C33H34N2O7/c1-39-25-14-10-23(11-15-25)33(22-7-4-3-5-8-22,24-12-16-26(40-2)17-13-24)41-21-32-19-6-9-27(29(32)37)30(42-32)35-20-18-28(36)34-31(35)38/h3-5,7-8,10-18,20,27,29-30,37H,6,9,19,21H2,1-2H3,(H,34,36,38)/t27-,29+,30-,32-/m1/s1. The maximum atomic E-state index is 12.7. The summed E-state index contributed by atoms with van der Waals surface area (Å²) in [6.45, 7) is 0.0478. The van der Waals surface area contributed by atoms with Gasteiger partial charge in [0.05, 0.1) is 26.9 Å². The van der Waals surface area contributed by atoms with Crippen LogP contribution in [0.25, 0.3) is 0 Å². The van der Waals surface area contributed by atoms with Crippen molar-refractivity contribution in [1.82, 2.24) is 9.55 Å². The van der Waals surface area contributed by atoms with E-state index in [0.717, 1.165) is 23.1 Å². The fourth-order valence-electron chi connectivity index (χ4n) is 6.47. The van der Waals surface area contributed by atoms with Crippen molar-refractivity contribution in [3.8, 4) is 11.5 Å². The monoisotopic (exact) mass is 570 g/mol. The van der Waals surface area contributed by atoms with Crippen LogP contribution in [0.15, 0.2) is 101 Å². The Balaban J connectivity index is 1.45. The second-order valence-electron chi connectivity index (χ2n) is 10.9. The number of rotatable bonds is 9. The summed E-state index contributed by atoms with van der Waals surface area (Å²) in [6.07, 6.45) is 1.84. The van der Waals surface area contributed by atoms with Gasteiger partial charge < -0.3 is 24.1 Å². The summed E-state index contributed by atoms with van der Waals surface area (Å²) in [5.74, 6) is 1.10. The molecular formula is C33H34N2O7. The van der Waals surface area contributed by atoms with E-state index in [1.54, 1.807) is 14.2 Å². The third-order valence-electron chi connectivity index (χ3n) is 8.64. The Labute approximate surface area is 243 Å². The minimum atomic E-state index is -1.09. The third-order valence-corrected chi connectivity index (χ3v) is 8.64. The molecule has 1 saturated carbocycles. The topological polar surface area (TPSA) is 112 Å².